The Kier molecular flexibility index (Phi) is 7.12. The van der Waals surface area contributed by atoms with Gasteiger partial charge in [0.05, 0.1) is 13.2 Å². The molecule has 1 fully saturated rings. The lowest BCUT2D eigenvalue weighted by molar-refractivity contribution is -0.122. The van der Waals surface area contributed by atoms with Gasteiger partial charge in [-0.25, -0.2) is 0 Å². The van der Waals surface area contributed by atoms with Crippen LogP contribution >= 0.6 is 11.6 Å². The Hall–Kier alpha value is -1.14. The lowest BCUT2D eigenvalue weighted by Gasteiger charge is -2.34. The van der Waals surface area contributed by atoms with Gasteiger partial charge in [-0.05, 0) is 11.6 Å². The number of nitrogens with one attached hydrogen (secondary N) is 1. The summed E-state index contributed by atoms with van der Waals surface area (Å²) >= 11 is 6.20. The standard InChI is InChI=1S/C16H24ClN3O2/c1-22-11-6-18-16(21)13-20-9-7-19(8-10-20)12-14-4-2-3-5-15(14)17/h2-5H,6-13H2,1H3,(H,18,21). The SMILES string of the molecule is COCCNC(=O)CN1CCN(Cc2ccccc2Cl)CC1. The Morgan fingerprint density at radius 1 is 1.23 bits per heavy atom. The van der Waals surface area contributed by atoms with Gasteiger partial charge in [0.2, 0.25) is 5.91 Å². The van der Waals surface area contributed by atoms with Crippen LogP contribution < -0.4 is 5.32 Å². The van der Waals surface area contributed by atoms with Crippen LogP contribution in [0.3, 0.4) is 0 Å². The number of nitrogens with zero attached hydrogens (tertiary/aromatic N) is 2. The van der Waals surface area contributed by atoms with Crippen LogP contribution in [0.5, 0.6) is 0 Å². The lowest BCUT2D eigenvalue weighted by Crippen LogP contribution is -2.49. The average Bonchev–Trinajstić information content (AvgIpc) is 2.52. The van der Waals surface area contributed by atoms with Gasteiger partial charge in [0.1, 0.15) is 0 Å². The summed E-state index contributed by atoms with van der Waals surface area (Å²) in [5.41, 5.74) is 1.16. The van der Waals surface area contributed by atoms with Crippen molar-refractivity contribution in [2.45, 2.75) is 6.54 Å². The molecule has 0 unspecified atom stereocenters. The van der Waals surface area contributed by atoms with Gasteiger partial charge in [-0.2, -0.15) is 0 Å². The number of carbonyl (C=O) groups is 1. The van der Waals surface area contributed by atoms with Crippen LogP contribution in [-0.2, 0) is 16.1 Å². The molecule has 0 radical (unpaired) electrons. The highest BCUT2D eigenvalue weighted by Crippen LogP contribution is 2.17. The number of ether oxygens (including phenoxy) is 1. The molecule has 1 saturated heterocycles. The van der Waals surface area contributed by atoms with Crippen LogP contribution in [0.4, 0.5) is 0 Å². The minimum Gasteiger partial charge on any atom is -0.383 e. The van der Waals surface area contributed by atoms with E-state index in [-0.39, 0.29) is 5.91 Å². The molecular formula is C16H24ClN3O2. The molecule has 0 atom stereocenters. The summed E-state index contributed by atoms with van der Waals surface area (Å²) in [6.07, 6.45) is 0. The van der Waals surface area contributed by atoms with Crippen LogP contribution in [0, 0.1) is 0 Å². The van der Waals surface area contributed by atoms with Gasteiger partial charge in [-0.15, -0.1) is 0 Å². The number of rotatable bonds is 7. The maximum absolute atomic E-state index is 11.8. The number of halogens is 1. The van der Waals surface area contributed by atoms with E-state index in [4.69, 9.17) is 16.3 Å². The first-order chi connectivity index (χ1) is 10.7. The fraction of sp³-hybridized carbons (Fsp3) is 0.562. The summed E-state index contributed by atoms with van der Waals surface area (Å²) in [6, 6.07) is 7.96. The van der Waals surface area contributed by atoms with Gasteiger partial charge in [0.15, 0.2) is 0 Å². The average molecular weight is 326 g/mol. The maximum Gasteiger partial charge on any atom is 0.234 e. The molecule has 1 aromatic carbocycles. The van der Waals surface area contributed by atoms with Crippen LogP contribution in [-0.4, -0.2) is 68.7 Å². The fourth-order valence-electron chi connectivity index (χ4n) is 2.52. The second kappa shape index (κ2) is 9.10. The molecule has 5 nitrogen and oxygen atoms in total. The lowest BCUT2D eigenvalue weighted by atomic mass is 10.2. The zero-order chi connectivity index (χ0) is 15.8. The summed E-state index contributed by atoms with van der Waals surface area (Å²) < 4.78 is 4.92. The highest BCUT2D eigenvalue weighted by atomic mass is 35.5. The summed E-state index contributed by atoms with van der Waals surface area (Å²) in [7, 11) is 1.63. The van der Waals surface area contributed by atoms with E-state index < -0.39 is 0 Å². The molecule has 122 valence electrons. The number of benzene rings is 1. The van der Waals surface area contributed by atoms with E-state index in [2.05, 4.69) is 21.2 Å². The second-order valence-electron chi connectivity index (χ2n) is 5.49. The van der Waals surface area contributed by atoms with E-state index in [0.717, 1.165) is 43.3 Å². The van der Waals surface area contributed by atoms with Crippen LogP contribution in [0.1, 0.15) is 5.56 Å². The molecule has 1 amide bonds. The summed E-state index contributed by atoms with van der Waals surface area (Å²) in [5.74, 6) is 0.0663. The second-order valence-corrected chi connectivity index (χ2v) is 5.89. The maximum atomic E-state index is 11.8. The molecule has 1 aromatic rings. The van der Waals surface area contributed by atoms with Crippen molar-refractivity contribution in [3.8, 4) is 0 Å². The number of carbonyl (C=O) groups excluding carboxylic acids is 1. The molecule has 0 bridgehead atoms. The number of piperazine rings is 1. The van der Waals surface area contributed by atoms with Crippen molar-refractivity contribution in [3.05, 3.63) is 34.9 Å². The zero-order valence-electron chi connectivity index (χ0n) is 13.1. The van der Waals surface area contributed by atoms with Crippen molar-refractivity contribution >= 4 is 17.5 Å². The highest BCUT2D eigenvalue weighted by Gasteiger charge is 2.19. The van der Waals surface area contributed by atoms with Gasteiger partial charge in [-0.1, -0.05) is 29.8 Å². The first-order valence-electron chi connectivity index (χ1n) is 7.63. The summed E-state index contributed by atoms with van der Waals surface area (Å²) in [6.45, 7) is 6.17. The minimum absolute atomic E-state index is 0.0663. The van der Waals surface area contributed by atoms with E-state index in [1.54, 1.807) is 7.11 Å². The summed E-state index contributed by atoms with van der Waals surface area (Å²) in [5, 5.41) is 3.67. The van der Waals surface area contributed by atoms with Gasteiger partial charge < -0.3 is 10.1 Å². The van der Waals surface area contributed by atoms with Gasteiger partial charge >= 0.3 is 0 Å². The molecule has 1 aliphatic heterocycles. The monoisotopic (exact) mass is 325 g/mol. The van der Waals surface area contributed by atoms with Crippen molar-refractivity contribution in [2.24, 2.45) is 0 Å². The van der Waals surface area contributed by atoms with E-state index >= 15 is 0 Å². The van der Waals surface area contributed by atoms with Crippen molar-refractivity contribution in [2.75, 3.05) is 53.0 Å². The Morgan fingerprint density at radius 3 is 2.59 bits per heavy atom. The number of hydrogen-bond donors (Lipinski definition) is 1. The van der Waals surface area contributed by atoms with Gasteiger partial charge in [0, 0.05) is 51.4 Å². The number of amides is 1. The highest BCUT2D eigenvalue weighted by molar-refractivity contribution is 6.31. The third-order valence-corrected chi connectivity index (χ3v) is 4.18. The Labute approximate surface area is 137 Å². The number of methoxy groups -OCH3 is 1. The Balaban J connectivity index is 1.69. The molecule has 0 aliphatic carbocycles. The number of hydrogen-bond acceptors (Lipinski definition) is 4. The predicted octanol–water partition coefficient (Wildman–Crippen LogP) is 1.22. The normalized spacial score (nSPS) is 16.6. The van der Waals surface area contributed by atoms with Crippen LogP contribution in [0.2, 0.25) is 5.02 Å². The topological polar surface area (TPSA) is 44.8 Å². The molecular weight excluding hydrogens is 302 g/mol. The molecule has 0 aromatic heterocycles. The predicted molar refractivity (Wildman–Crippen MR) is 88.1 cm³/mol. The molecule has 1 N–H and O–H groups in total. The first kappa shape index (κ1) is 17.2. The molecule has 1 aliphatic rings. The fourth-order valence-corrected chi connectivity index (χ4v) is 2.72. The van der Waals surface area contributed by atoms with Crippen molar-refractivity contribution in [3.63, 3.8) is 0 Å². The molecule has 1 heterocycles. The summed E-state index contributed by atoms with van der Waals surface area (Å²) in [4.78, 5) is 16.3. The van der Waals surface area contributed by atoms with Gasteiger partial charge in [0.25, 0.3) is 0 Å². The van der Waals surface area contributed by atoms with Gasteiger partial charge in [-0.3, -0.25) is 14.6 Å². The smallest absolute Gasteiger partial charge is 0.234 e. The van der Waals surface area contributed by atoms with E-state index in [9.17, 15) is 4.79 Å². The van der Waals surface area contributed by atoms with E-state index in [0.29, 0.717) is 19.7 Å². The zero-order valence-corrected chi connectivity index (χ0v) is 13.8. The van der Waals surface area contributed by atoms with Crippen molar-refractivity contribution in [1.82, 2.24) is 15.1 Å². The Morgan fingerprint density at radius 2 is 1.91 bits per heavy atom. The quantitative estimate of drug-likeness (QED) is 0.766. The molecule has 22 heavy (non-hydrogen) atoms. The van der Waals surface area contributed by atoms with Crippen LogP contribution in [0.25, 0.3) is 0 Å². The molecule has 6 heteroatoms. The molecule has 0 spiro atoms. The third-order valence-electron chi connectivity index (χ3n) is 3.81. The largest absolute Gasteiger partial charge is 0.383 e. The van der Waals surface area contributed by atoms with Crippen molar-refractivity contribution in [1.29, 1.82) is 0 Å². The third kappa shape index (κ3) is 5.57. The van der Waals surface area contributed by atoms with Crippen molar-refractivity contribution < 1.29 is 9.53 Å². The van der Waals surface area contributed by atoms with E-state index in [1.165, 1.54) is 0 Å². The molecule has 2 rings (SSSR count). The Bertz CT molecular complexity index is 476. The van der Waals surface area contributed by atoms with Crippen LogP contribution in [0.15, 0.2) is 24.3 Å². The minimum atomic E-state index is 0.0663. The molecule has 0 saturated carbocycles. The van der Waals surface area contributed by atoms with E-state index in [1.807, 2.05) is 18.2 Å². The first-order valence-corrected chi connectivity index (χ1v) is 8.00.